The van der Waals surface area contributed by atoms with Gasteiger partial charge < -0.3 is 14.7 Å². The second kappa shape index (κ2) is 7.06. The molecule has 3 amide bonds. The maximum atomic E-state index is 12.9. The Balaban J connectivity index is 1.32. The van der Waals surface area contributed by atoms with Crippen molar-refractivity contribution in [2.75, 3.05) is 32.7 Å². The number of carbonyl (C=O) groups is 2. The number of nitrogens with zero attached hydrogens (tertiary/aromatic N) is 3. The van der Waals surface area contributed by atoms with Gasteiger partial charge in [0.25, 0.3) is 0 Å². The molecule has 0 N–H and O–H groups in total. The van der Waals surface area contributed by atoms with E-state index in [2.05, 4.69) is 24.3 Å². The summed E-state index contributed by atoms with van der Waals surface area (Å²) in [6.07, 6.45) is 4.80. The summed E-state index contributed by atoms with van der Waals surface area (Å²) >= 11 is 0. The van der Waals surface area contributed by atoms with Gasteiger partial charge in [-0.05, 0) is 43.2 Å². The molecule has 0 radical (unpaired) electrons. The Kier molecular flexibility index (Phi) is 4.64. The molecule has 5 nitrogen and oxygen atoms in total. The first-order chi connectivity index (χ1) is 12.2. The van der Waals surface area contributed by atoms with E-state index in [1.807, 2.05) is 14.7 Å². The fraction of sp³-hybridized carbons (Fsp3) is 0.600. The van der Waals surface area contributed by atoms with Gasteiger partial charge in [-0.15, -0.1) is 0 Å². The van der Waals surface area contributed by atoms with Crippen molar-refractivity contribution in [3.8, 4) is 0 Å². The molecule has 3 heterocycles. The number of piperidine rings is 1. The van der Waals surface area contributed by atoms with Gasteiger partial charge in [0.05, 0.1) is 0 Å². The summed E-state index contributed by atoms with van der Waals surface area (Å²) in [5.74, 6) is 0.357. The average molecular weight is 341 g/mol. The van der Waals surface area contributed by atoms with E-state index < -0.39 is 0 Å². The molecule has 0 saturated carbocycles. The summed E-state index contributed by atoms with van der Waals surface area (Å²) < 4.78 is 0. The molecular weight excluding hydrogens is 314 g/mol. The molecule has 4 rings (SSSR count). The SMILES string of the molecule is O=C(C1CCN(C(=O)N2CCCC2)CC1)N1CCc2ccccc2C1. The zero-order valence-electron chi connectivity index (χ0n) is 14.8. The van der Waals surface area contributed by atoms with Crippen LogP contribution in [0.15, 0.2) is 24.3 Å². The number of amides is 3. The Bertz CT molecular complexity index is 646. The third-order valence-corrected chi connectivity index (χ3v) is 5.93. The number of urea groups is 1. The minimum absolute atomic E-state index is 0.0768. The molecule has 134 valence electrons. The lowest BCUT2D eigenvalue weighted by atomic mass is 9.93. The number of rotatable bonds is 1. The van der Waals surface area contributed by atoms with Gasteiger partial charge in [0.2, 0.25) is 5.91 Å². The highest BCUT2D eigenvalue weighted by molar-refractivity contribution is 5.80. The van der Waals surface area contributed by atoms with Crippen molar-refractivity contribution in [3.05, 3.63) is 35.4 Å². The summed E-state index contributed by atoms with van der Waals surface area (Å²) in [6, 6.07) is 8.60. The quantitative estimate of drug-likeness (QED) is 0.788. The fourth-order valence-corrected chi connectivity index (χ4v) is 4.37. The number of carbonyl (C=O) groups excluding carboxylic acids is 2. The average Bonchev–Trinajstić information content (AvgIpc) is 3.21. The van der Waals surface area contributed by atoms with Crippen LogP contribution in [0.4, 0.5) is 4.79 Å². The van der Waals surface area contributed by atoms with Crippen molar-refractivity contribution >= 4 is 11.9 Å². The Morgan fingerprint density at radius 3 is 2.16 bits per heavy atom. The Hall–Kier alpha value is -2.04. The van der Waals surface area contributed by atoms with E-state index in [1.165, 1.54) is 11.1 Å². The van der Waals surface area contributed by atoms with Crippen LogP contribution in [-0.4, -0.2) is 59.4 Å². The molecule has 0 aliphatic carbocycles. The summed E-state index contributed by atoms with van der Waals surface area (Å²) in [4.78, 5) is 31.3. The maximum absolute atomic E-state index is 12.9. The van der Waals surface area contributed by atoms with Crippen LogP contribution in [0.3, 0.4) is 0 Å². The van der Waals surface area contributed by atoms with Crippen molar-refractivity contribution in [2.45, 2.75) is 38.6 Å². The summed E-state index contributed by atoms with van der Waals surface area (Å²) in [5, 5.41) is 0. The first-order valence-electron chi connectivity index (χ1n) is 9.62. The fourth-order valence-electron chi connectivity index (χ4n) is 4.37. The van der Waals surface area contributed by atoms with Gasteiger partial charge in [0, 0.05) is 45.2 Å². The highest BCUT2D eigenvalue weighted by Crippen LogP contribution is 2.25. The second-order valence-corrected chi connectivity index (χ2v) is 7.52. The van der Waals surface area contributed by atoms with Crippen LogP contribution in [0, 0.1) is 5.92 Å². The number of hydrogen-bond donors (Lipinski definition) is 0. The van der Waals surface area contributed by atoms with Crippen LogP contribution < -0.4 is 0 Å². The molecule has 0 unspecified atom stereocenters. The molecular formula is C20H27N3O2. The highest BCUT2D eigenvalue weighted by atomic mass is 16.2. The third kappa shape index (κ3) is 3.37. The van der Waals surface area contributed by atoms with Gasteiger partial charge >= 0.3 is 6.03 Å². The zero-order valence-corrected chi connectivity index (χ0v) is 14.8. The van der Waals surface area contributed by atoms with Crippen LogP contribution in [0.25, 0.3) is 0 Å². The largest absolute Gasteiger partial charge is 0.338 e. The van der Waals surface area contributed by atoms with Gasteiger partial charge in [0.15, 0.2) is 0 Å². The van der Waals surface area contributed by atoms with Crippen molar-refractivity contribution in [1.29, 1.82) is 0 Å². The van der Waals surface area contributed by atoms with Gasteiger partial charge in [-0.3, -0.25) is 4.79 Å². The number of fused-ring (bicyclic) bond motifs is 1. The Morgan fingerprint density at radius 1 is 0.800 bits per heavy atom. The minimum atomic E-state index is 0.0768. The van der Waals surface area contributed by atoms with Crippen LogP contribution in [-0.2, 0) is 17.8 Å². The maximum Gasteiger partial charge on any atom is 0.319 e. The molecule has 1 aromatic rings. The van der Waals surface area contributed by atoms with E-state index in [4.69, 9.17) is 0 Å². The predicted molar refractivity (Wildman–Crippen MR) is 96.1 cm³/mol. The zero-order chi connectivity index (χ0) is 17.2. The molecule has 1 aromatic carbocycles. The van der Waals surface area contributed by atoms with E-state index in [1.54, 1.807) is 0 Å². The molecule has 5 heteroatoms. The molecule has 25 heavy (non-hydrogen) atoms. The van der Waals surface area contributed by atoms with Gasteiger partial charge in [-0.1, -0.05) is 24.3 Å². The third-order valence-electron chi connectivity index (χ3n) is 5.93. The van der Waals surface area contributed by atoms with Crippen LogP contribution in [0.5, 0.6) is 0 Å². The van der Waals surface area contributed by atoms with Crippen molar-refractivity contribution in [1.82, 2.24) is 14.7 Å². The highest BCUT2D eigenvalue weighted by Gasteiger charge is 2.33. The summed E-state index contributed by atoms with van der Waals surface area (Å²) in [5.41, 5.74) is 2.65. The number of benzene rings is 1. The summed E-state index contributed by atoms with van der Waals surface area (Å²) in [7, 11) is 0. The molecule has 3 aliphatic heterocycles. The van der Waals surface area contributed by atoms with Gasteiger partial charge in [-0.2, -0.15) is 0 Å². The molecule has 3 aliphatic rings. The topological polar surface area (TPSA) is 43.9 Å². The number of likely N-dealkylation sites (tertiary alicyclic amines) is 2. The molecule has 0 atom stereocenters. The van der Waals surface area contributed by atoms with Crippen LogP contribution >= 0.6 is 0 Å². The normalized spacial score (nSPS) is 21.4. The Morgan fingerprint density at radius 2 is 1.44 bits per heavy atom. The lowest BCUT2D eigenvalue weighted by molar-refractivity contribution is -0.137. The monoisotopic (exact) mass is 341 g/mol. The predicted octanol–water partition coefficient (Wildman–Crippen LogP) is 2.50. The Labute approximate surface area is 149 Å². The number of hydrogen-bond acceptors (Lipinski definition) is 2. The first kappa shape index (κ1) is 16.4. The lowest BCUT2D eigenvalue weighted by Crippen LogP contribution is -2.48. The standard InChI is InChI=1S/C20H27N3O2/c24-19(23-14-7-16-5-1-2-6-18(16)15-23)17-8-12-22(13-9-17)20(25)21-10-3-4-11-21/h1-2,5-6,17H,3-4,7-15H2. The van der Waals surface area contributed by atoms with Gasteiger partial charge in [-0.25, -0.2) is 4.79 Å². The van der Waals surface area contributed by atoms with E-state index in [-0.39, 0.29) is 17.9 Å². The molecule has 2 fully saturated rings. The van der Waals surface area contributed by atoms with E-state index in [9.17, 15) is 9.59 Å². The molecule has 0 aromatic heterocycles. The van der Waals surface area contributed by atoms with Crippen molar-refractivity contribution in [3.63, 3.8) is 0 Å². The van der Waals surface area contributed by atoms with E-state index >= 15 is 0 Å². The lowest BCUT2D eigenvalue weighted by Gasteiger charge is -2.37. The van der Waals surface area contributed by atoms with E-state index in [0.717, 1.165) is 71.4 Å². The van der Waals surface area contributed by atoms with Crippen LogP contribution in [0.1, 0.15) is 36.8 Å². The smallest absolute Gasteiger partial charge is 0.319 e. The first-order valence-corrected chi connectivity index (χ1v) is 9.62. The second-order valence-electron chi connectivity index (χ2n) is 7.52. The molecule has 0 bridgehead atoms. The van der Waals surface area contributed by atoms with Crippen molar-refractivity contribution in [2.24, 2.45) is 5.92 Å². The molecule has 0 spiro atoms. The van der Waals surface area contributed by atoms with Gasteiger partial charge in [0.1, 0.15) is 0 Å². The van der Waals surface area contributed by atoms with E-state index in [0.29, 0.717) is 0 Å². The summed E-state index contributed by atoms with van der Waals surface area (Å²) in [6.45, 7) is 4.78. The van der Waals surface area contributed by atoms with Crippen molar-refractivity contribution < 1.29 is 9.59 Å². The molecule has 2 saturated heterocycles. The minimum Gasteiger partial charge on any atom is -0.338 e. The van der Waals surface area contributed by atoms with Crippen LogP contribution in [0.2, 0.25) is 0 Å².